The summed E-state index contributed by atoms with van der Waals surface area (Å²) >= 11 is 11.9. The Morgan fingerprint density at radius 2 is 1.85 bits per heavy atom. The summed E-state index contributed by atoms with van der Waals surface area (Å²) in [5, 5.41) is 3.52. The second-order valence-corrected chi connectivity index (χ2v) is 7.21. The fourth-order valence-corrected chi connectivity index (χ4v) is 4.41. The van der Waals surface area contributed by atoms with Crippen LogP contribution in [0.3, 0.4) is 0 Å². The van der Waals surface area contributed by atoms with Crippen molar-refractivity contribution in [2.75, 3.05) is 20.1 Å². The molecule has 1 aliphatic heterocycles. The molecule has 0 bridgehead atoms. The van der Waals surface area contributed by atoms with Gasteiger partial charge in [0.15, 0.2) is 0 Å². The lowest BCUT2D eigenvalue weighted by atomic mass is 10.1. The topological polar surface area (TPSA) is 49.4 Å². The van der Waals surface area contributed by atoms with Crippen molar-refractivity contribution in [1.82, 2.24) is 9.62 Å². The molecular weight excluding hydrogens is 343 g/mol. The van der Waals surface area contributed by atoms with E-state index in [1.165, 1.54) is 10.4 Å². The molecule has 0 radical (unpaired) electrons. The maximum Gasteiger partial charge on any atom is 0.244 e. The highest BCUT2D eigenvalue weighted by atomic mass is 35.5. The predicted molar refractivity (Wildman–Crippen MR) is 84.6 cm³/mol. The molecule has 1 fully saturated rings. The zero-order chi connectivity index (χ0) is 14.0. The molecule has 1 aromatic rings. The summed E-state index contributed by atoms with van der Waals surface area (Å²) < 4.78 is 26.5. The van der Waals surface area contributed by atoms with E-state index in [0.29, 0.717) is 19.1 Å². The maximum atomic E-state index is 12.5. The number of sulfonamides is 1. The monoisotopic (exact) mass is 358 g/mol. The van der Waals surface area contributed by atoms with Crippen LogP contribution in [0, 0.1) is 0 Å². The van der Waals surface area contributed by atoms with Gasteiger partial charge in [-0.2, -0.15) is 4.31 Å². The van der Waals surface area contributed by atoms with Crippen LogP contribution in [0.15, 0.2) is 23.1 Å². The van der Waals surface area contributed by atoms with Gasteiger partial charge in [0.2, 0.25) is 10.0 Å². The van der Waals surface area contributed by atoms with Crippen molar-refractivity contribution in [2.45, 2.75) is 23.8 Å². The van der Waals surface area contributed by atoms with Gasteiger partial charge in [0.1, 0.15) is 4.90 Å². The predicted octanol–water partition coefficient (Wildman–Crippen LogP) is 2.79. The SMILES string of the molecule is CNC1CCN(S(=O)(=O)c2cccc(Cl)c2Cl)CC1.Cl. The standard InChI is InChI=1S/C12H16Cl2N2O2S.ClH/c1-15-9-5-7-16(8-6-9)19(17,18)11-4-2-3-10(13)12(11)14;/h2-4,9,15H,5-8H2,1H3;1H. The molecule has 2 rings (SSSR count). The lowest BCUT2D eigenvalue weighted by molar-refractivity contribution is 0.298. The molecule has 0 amide bonds. The van der Waals surface area contributed by atoms with Crippen LogP contribution < -0.4 is 5.32 Å². The highest BCUT2D eigenvalue weighted by Crippen LogP contribution is 2.31. The molecule has 1 aromatic carbocycles. The third-order valence-electron chi connectivity index (χ3n) is 3.40. The molecule has 1 heterocycles. The molecule has 0 atom stereocenters. The number of piperidine rings is 1. The fourth-order valence-electron chi connectivity index (χ4n) is 2.21. The normalized spacial score (nSPS) is 17.8. The highest BCUT2D eigenvalue weighted by molar-refractivity contribution is 7.89. The summed E-state index contributed by atoms with van der Waals surface area (Å²) in [5.41, 5.74) is 0. The van der Waals surface area contributed by atoms with Crippen molar-refractivity contribution >= 4 is 45.6 Å². The van der Waals surface area contributed by atoms with Crippen molar-refractivity contribution in [3.63, 3.8) is 0 Å². The zero-order valence-corrected chi connectivity index (χ0v) is 14.1. The van der Waals surface area contributed by atoms with Gasteiger partial charge in [-0.25, -0.2) is 8.42 Å². The molecule has 0 spiro atoms. The number of rotatable bonds is 3. The van der Waals surface area contributed by atoms with Crippen molar-refractivity contribution in [1.29, 1.82) is 0 Å². The fraction of sp³-hybridized carbons (Fsp3) is 0.500. The first kappa shape index (κ1) is 18.0. The van der Waals surface area contributed by atoms with Gasteiger partial charge in [0.05, 0.1) is 10.0 Å². The summed E-state index contributed by atoms with van der Waals surface area (Å²) in [7, 11) is -1.67. The van der Waals surface area contributed by atoms with Crippen molar-refractivity contribution < 1.29 is 8.42 Å². The lowest BCUT2D eigenvalue weighted by Gasteiger charge is -2.31. The Kier molecular flexibility index (Phi) is 6.57. The van der Waals surface area contributed by atoms with Crippen LogP contribution in [0.5, 0.6) is 0 Å². The minimum absolute atomic E-state index is 0. The minimum Gasteiger partial charge on any atom is -0.317 e. The van der Waals surface area contributed by atoms with E-state index in [-0.39, 0.29) is 27.3 Å². The Balaban J connectivity index is 0.00000200. The van der Waals surface area contributed by atoms with E-state index in [4.69, 9.17) is 23.2 Å². The van der Waals surface area contributed by atoms with Crippen molar-refractivity contribution in [3.8, 4) is 0 Å². The maximum absolute atomic E-state index is 12.5. The number of nitrogens with zero attached hydrogens (tertiary/aromatic N) is 1. The number of hydrogen-bond donors (Lipinski definition) is 1. The smallest absolute Gasteiger partial charge is 0.244 e. The van der Waals surface area contributed by atoms with E-state index >= 15 is 0 Å². The summed E-state index contributed by atoms with van der Waals surface area (Å²) in [5.74, 6) is 0. The van der Waals surface area contributed by atoms with E-state index in [1.54, 1.807) is 12.1 Å². The highest BCUT2D eigenvalue weighted by Gasteiger charge is 2.30. The van der Waals surface area contributed by atoms with Gasteiger partial charge >= 0.3 is 0 Å². The Morgan fingerprint density at radius 3 is 2.40 bits per heavy atom. The summed E-state index contributed by atoms with van der Waals surface area (Å²) in [4.78, 5) is 0.0876. The second-order valence-electron chi connectivity index (χ2n) is 4.52. The van der Waals surface area contributed by atoms with E-state index in [1.807, 2.05) is 7.05 Å². The summed E-state index contributed by atoms with van der Waals surface area (Å²) in [6.45, 7) is 0.993. The van der Waals surface area contributed by atoms with Crippen LogP contribution in [0.1, 0.15) is 12.8 Å². The van der Waals surface area contributed by atoms with Gasteiger partial charge < -0.3 is 5.32 Å². The summed E-state index contributed by atoms with van der Waals surface area (Å²) in [6.07, 6.45) is 1.60. The van der Waals surface area contributed by atoms with E-state index < -0.39 is 10.0 Å². The molecule has 0 saturated carbocycles. The van der Waals surface area contributed by atoms with E-state index in [9.17, 15) is 8.42 Å². The second kappa shape index (κ2) is 7.29. The van der Waals surface area contributed by atoms with Crippen LogP contribution >= 0.6 is 35.6 Å². The van der Waals surface area contributed by atoms with Gasteiger partial charge in [-0.3, -0.25) is 0 Å². The average molecular weight is 360 g/mol. The van der Waals surface area contributed by atoms with Crippen LogP contribution in [0.2, 0.25) is 10.0 Å². The van der Waals surface area contributed by atoms with Gasteiger partial charge in [-0.1, -0.05) is 29.3 Å². The van der Waals surface area contributed by atoms with Crippen LogP contribution in [0.4, 0.5) is 0 Å². The Hall–Kier alpha value is -0.0400. The van der Waals surface area contributed by atoms with Crippen LogP contribution in [0.25, 0.3) is 0 Å². The van der Waals surface area contributed by atoms with Gasteiger partial charge in [0, 0.05) is 19.1 Å². The molecule has 0 aromatic heterocycles. The molecule has 20 heavy (non-hydrogen) atoms. The van der Waals surface area contributed by atoms with E-state index in [2.05, 4.69) is 5.32 Å². The number of nitrogens with one attached hydrogen (secondary N) is 1. The minimum atomic E-state index is -3.56. The van der Waals surface area contributed by atoms with Crippen LogP contribution in [-0.4, -0.2) is 38.9 Å². The zero-order valence-electron chi connectivity index (χ0n) is 11.0. The molecule has 1 saturated heterocycles. The summed E-state index contributed by atoms with van der Waals surface area (Å²) in [6, 6.07) is 5.05. The Bertz CT molecular complexity index is 558. The number of hydrogen-bond acceptors (Lipinski definition) is 3. The first-order valence-electron chi connectivity index (χ1n) is 6.08. The third kappa shape index (κ3) is 3.59. The van der Waals surface area contributed by atoms with Gasteiger partial charge in [-0.05, 0) is 32.0 Å². The average Bonchev–Trinajstić information content (AvgIpc) is 2.41. The lowest BCUT2D eigenvalue weighted by Crippen LogP contribution is -2.43. The molecule has 4 nitrogen and oxygen atoms in total. The third-order valence-corrected chi connectivity index (χ3v) is 6.27. The largest absolute Gasteiger partial charge is 0.317 e. The Morgan fingerprint density at radius 1 is 1.25 bits per heavy atom. The van der Waals surface area contributed by atoms with E-state index in [0.717, 1.165) is 12.8 Å². The van der Waals surface area contributed by atoms with Gasteiger partial charge in [0.25, 0.3) is 0 Å². The molecule has 114 valence electrons. The molecule has 1 aliphatic rings. The molecule has 0 aliphatic carbocycles. The molecule has 8 heteroatoms. The molecular formula is C12H17Cl3N2O2S. The van der Waals surface area contributed by atoms with Crippen molar-refractivity contribution in [2.24, 2.45) is 0 Å². The van der Waals surface area contributed by atoms with Crippen molar-refractivity contribution in [3.05, 3.63) is 28.2 Å². The molecule has 0 unspecified atom stereocenters. The first-order valence-corrected chi connectivity index (χ1v) is 8.28. The van der Waals surface area contributed by atoms with Gasteiger partial charge in [-0.15, -0.1) is 12.4 Å². The quantitative estimate of drug-likeness (QED) is 0.903. The first-order chi connectivity index (χ1) is 8.96. The van der Waals surface area contributed by atoms with Crippen LogP contribution in [-0.2, 0) is 10.0 Å². The molecule has 1 N–H and O–H groups in total. The Labute approximate surface area is 135 Å². The number of halogens is 3. The number of benzene rings is 1.